The van der Waals surface area contributed by atoms with Crippen LogP contribution in [0.3, 0.4) is 0 Å². The number of hydrogen-bond acceptors (Lipinski definition) is 3. The number of anilines is 1. The number of nitrogens with two attached hydrogens (primary N) is 1. The van der Waals surface area contributed by atoms with E-state index in [2.05, 4.69) is 48.9 Å². The Hall–Kier alpha value is -1.90. The van der Waals surface area contributed by atoms with Crippen molar-refractivity contribution in [2.24, 2.45) is 0 Å². The fourth-order valence-corrected chi connectivity index (χ4v) is 2.55. The van der Waals surface area contributed by atoms with Crippen molar-refractivity contribution in [3.05, 3.63) is 52.0 Å². The molecule has 0 aliphatic rings. The predicted molar refractivity (Wildman–Crippen MR) is 79.3 cm³/mol. The van der Waals surface area contributed by atoms with E-state index in [-0.39, 0.29) is 0 Å². The highest BCUT2D eigenvalue weighted by molar-refractivity contribution is 5.42. The maximum Gasteiger partial charge on any atom is 0.135 e. The van der Waals surface area contributed by atoms with Crippen molar-refractivity contribution in [1.82, 2.24) is 9.97 Å². The minimum Gasteiger partial charge on any atom is -0.383 e. The average Bonchev–Trinajstić information content (AvgIpc) is 2.26. The molecule has 0 spiro atoms. The summed E-state index contributed by atoms with van der Waals surface area (Å²) in [4.78, 5) is 8.99. The average molecular weight is 255 g/mol. The van der Waals surface area contributed by atoms with E-state index in [9.17, 15) is 0 Å². The summed E-state index contributed by atoms with van der Waals surface area (Å²) in [5.74, 6) is 1.42. The molecule has 0 saturated carbocycles. The van der Waals surface area contributed by atoms with Gasteiger partial charge in [-0.2, -0.15) is 0 Å². The second kappa shape index (κ2) is 5.39. The molecule has 0 unspecified atom stereocenters. The van der Waals surface area contributed by atoms with Crippen molar-refractivity contribution in [2.75, 3.05) is 5.73 Å². The first-order valence-electron chi connectivity index (χ1n) is 6.68. The Morgan fingerprint density at radius 1 is 1.00 bits per heavy atom. The van der Waals surface area contributed by atoms with Crippen LogP contribution in [0.1, 0.15) is 40.7 Å². The van der Waals surface area contributed by atoms with Crippen molar-refractivity contribution in [3.8, 4) is 0 Å². The lowest BCUT2D eigenvalue weighted by molar-refractivity contribution is 0.911. The van der Waals surface area contributed by atoms with Gasteiger partial charge < -0.3 is 5.73 Å². The number of aromatic nitrogens is 2. The van der Waals surface area contributed by atoms with Gasteiger partial charge in [0.1, 0.15) is 11.6 Å². The normalized spacial score (nSPS) is 10.7. The van der Waals surface area contributed by atoms with Gasteiger partial charge >= 0.3 is 0 Å². The van der Waals surface area contributed by atoms with Gasteiger partial charge in [-0.3, -0.25) is 0 Å². The third-order valence-electron chi connectivity index (χ3n) is 3.29. The number of nitrogen functional groups attached to an aromatic ring is 1. The molecule has 0 amide bonds. The smallest absolute Gasteiger partial charge is 0.135 e. The van der Waals surface area contributed by atoms with E-state index in [0.29, 0.717) is 5.82 Å². The van der Waals surface area contributed by atoms with E-state index in [1.807, 2.05) is 6.92 Å². The molecule has 2 N–H and O–H groups in total. The molecule has 0 bridgehead atoms. The molecule has 2 rings (SSSR count). The van der Waals surface area contributed by atoms with Crippen LogP contribution in [0.15, 0.2) is 18.2 Å². The SMILES string of the molecule is CCc1c(C)nc(Cc2cc(C)cc(C)c2)nc1N. The molecule has 0 aliphatic carbocycles. The standard InChI is InChI=1S/C16H21N3/c1-5-14-12(4)18-15(19-16(14)17)9-13-7-10(2)6-11(3)8-13/h6-8H,5,9H2,1-4H3,(H2,17,18,19). The lowest BCUT2D eigenvalue weighted by Crippen LogP contribution is -2.07. The summed E-state index contributed by atoms with van der Waals surface area (Å²) in [6.07, 6.45) is 1.61. The molecule has 0 radical (unpaired) electrons. The van der Waals surface area contributed by atoms with Gasteiger partial charge in [0, 0.05) is 17.7 Å². The van der Waals surface area contributed by atoms with Crippen LogP contribution in [-0.2, 0) is 12.8 Å². The topological polar surface area (TPSA) is 51.8 Å². The first-order chi connectivity index (χ1) is 8.99. The van der Waals surface area contributed by atoms with Crippen molar-refractivity contribution < 1.29 is 0 Å². The maximum atomic E-state index is 6.00. The molecule has 1 aromatic carbocycles. The highest BCUT2D eigenvalue weighted by Gasteiger charge is 2.08. The molecular weight excluding hydrogens is 234 g/mol. The Morgan fingerprint density at radius 2 is 1.63 bits per heavy atom. The molecule has 0 atom stereocenters. The number of hydrogen-bond donors (Lipinski definition) is 1. The van der Waals surface area contributed by atoms with E-state index in [4.69, 9.17) is 5.73 Å². The first kappa shape index (κ1) is 13.5. The van der Waals surface area contributed by atoms with E-state index >= 15 is 0 Å². The summed E-state index contributed by atoms with van der Waals surface area (Å²) in [6, 6.07) is 6.52. The van der Waals surface area contributed by atoms with E-state index < -0.39 is 0 Å². The maximum absolute atomic E-state index is 6.00. The van der Waals surface area contributed by atoms with Crippen LogP contribution in [0.4, 0.5) is 5.82 Å². The van der Waals surface area contributed by atoms with Gasteiger partial charge in [-0.05, 0) is 32.8 Å². The predicted octanol–water partition coefficient (Wildman–Crippen LogP) is 3.14. The molecule has 0 aliphatic heterocycles. The van der Waals surface area contributed by atoms with Crippen molar-refractivity contribution in [3.63, 3.8) is 0 Å². The molecule has 0 fully saturated rings. The third kappa shape index (κ3) is 3.11. The fourth-order valence-electron chi connectivity index (χ4n) is 2.55. The number of nitrogens with zero attached hydrogens (tertiary/aromatic N) is 2. The van der Waals surface area contributed by atoms with Gasteiger partial charge in [-0.25, -0.2) is 9.97 Å². The zero-order valence-electron chi connectivity index (χ0n) is 12.1. The van der Waals surface area contributed by atoms with Gasteiger partial charge in [0.15, 0.2) is 0 Å². The molecule has 1 aromatic heterocycles. The molecule has 3 nitrogen and oxygen atoms in total. The monoisotopic (exact) mass is 255 g/mol. The van der Waals surface area contributed by atoms with Crippen LogP contribution in [0, 0.1) is 20.8 Å². The first-order valence-corrected chi connectivity index (χ1v) is 6.68. The summed E-state index contributed by atoms with van der Waals surface area (Å²) in [6.45, 7) is 8.29. The molecule has 2 aromatic rings. The second-order valence-corrected chi connectivity index (χ2v) is 5.12. The molecule has 1 heterocycles. The Balaban J connectivity index is 2.33. The van der Waals surface area contributed by atoms with Crippen LogP contribution < -0.4 is 5.73 Å². The van der Waals surface area contributed by atoms with Crippen molar-refractivity contribution in [2.45, 2.75) is 40.5 Å². The lowest BCUT2D eigenvalue weighted by Gasteiger charge is -2.09. The highest BCUT2D eigenvalue weighted by atomic mass is 14.9. The zero-order valence-corrected chi connectivity index (χ0v) is 12.1. The summed E-state index contributed by atoms with van der Waals surface area (Å²) in [5, 5.41) is 0. The summed E-state index contributed by atoms with van der Waals surface area (Å²) < 4.78 is 0. The minimum absolute atomic E-state index is 0.620. The number of benzene rings is 1. The van der Waals surface area contributed by atoms with E-state index in [1.165, 1.54) is 16.7 Å². The number of rotatable bonds is 3. The Morgan fingerprint density at radius 3 is 2.16 bits per heavy atom. The Kier molecular flexibility index (Phi) is 3.84. The fraction of sp³-hybridized carbons (Fsp3) is 0.375. The number of aryl methyl sites for hydroxylation is 3. The molecule has 100 valence electrons. The van der Waals surface area contributed by atoms with Gasteiger partial charge in [0.05, 0.1) is 0 Å². The van der Waals surface area contributed by atoms with E-state index in [1.54, 1.807) is 0 Å². The van der Waals surface area contributed by atoms with Gasteiger partial charge in [-0.15, -0.1) is 0 Å². The Bertz CT molecular complexity index is 560. The lowest BCUT2D eigenvalue weighted by atomic mass is 10.0. The van der Waals surface area contributed by atoms with Crippen LogP contribution in [0.5, 0.6) is 0 Å². The van der Waals surface area contributed by atoms with Crippen molar-refractivity contribution in [1.29, 1.82) is 0 Å². The third-order valence-corrected chi connectivity index (χ3v) is 3.29. The minimum atomic E-state index is 0.620. The largest absolute Gasteiger partial charge is 0.383 e. The van der Waals surface area contributed by atoms with Gasteiger partial charge in [0.25, 0.3) is 0 Å². The van der Waals surface area contributed by atoms with E-state index in [0.717, 1.165) is 29.9 Å². The van der Waals surface area contributed by atoms with Gasteiger partial charge in [0.2, 0.25) is 0 Å². The van der Waals surface area contributed by atoms with Crippen LogP contribution in [0.25, 0.3) is 0 Å². The summed E-state index contributed by atoms with van der Waals surface area (Å²) in [5.41, 5.74) is 11.8. The second-order valence-electron chi connectivity index (χ2n) is 5.12. The zero-order chi connectivity index (χ0) is 14.0. The van der Waals surface area contributed by atoms with Crippen molar-refractivity contribution >= 4 is 5.82 Å². The quantitative estimate of drug-likeness (QED) is 0.916. The summed E-state index contributed by atoms with van der Waals surface area (Å²) in [7, 11) is 0. The van der Waals surface area contributed by atoms with Crippen LogP contribution in [-0.4, -0.2) is 9.97 Å². The van der Waals surface area contributed by atoms with Crippen LogP contribution in [0.2, 0.25) is 0 Å². The molecule has 0 saturated heterocycles. The highest BCUT2D eigenvalue weighted by Crippen LogP contribution is 2.17. The Labute approximate surface area is 114 Å². The summed E-state index contributed by atoms with van der Waals surface area (Å²) >= 11 is 0. The van der Waals surface area contributed by atoms with Gasteiger partial charge in [-0.1, -0.05) is 36.2 Å². The molecule has 19 heavy (non-hydrogen) atoms. The van der Waals surface area contributed by atoms with Crippen LogP contribution >= 0.6 is 0 Å². The molecular formula is C16H21N3. The molecule has 3 heteroatoms.